The molecule has 2 aliphatic rings. The molecule has 1 unspecified atom stereocenters. The van der Waals surface area contributed by atoms with Crippen molar-refractivity contribution < 1.29 is 27.4 Å². The molecule has 0 spiro atoms. The van der Waals surface area contributed by atoms with Crippen molar-refractivity contribution in [2.75, 3.05) is 51.8 Å². The van der Waals surface area contributed by atoms with Gasteiger partial charge in [-0.15, -0.1) is 0 Å². The number of nitrogens with one attached hydrogen (secondary N) is 1. The molecule has 3 heterocycles. The topological polar surface area (TPSA) is 79.8 Å². The van der Waals surface area contributed by atoms with E-state index in [0.717, 1.165) is 61.2 Å². The number of alkyl halides is 3. The van der Waals surface area contributed by atoms with Crippen LogP contribution in [-0.2, 0) is 17.4 Å². The fourth-order valence-electron chi connectivity index (χ4n) is 6.21. The molecular weight excluding hydrogens is 583 g/mol. The third kappa shape index (κ3) is 7.37. The highest BCUT2D eigenvalue weighted by molar-refractivity contribution is 5.95. The van der Waals surface area contributed by atoms with Crippen LogP contribution < -0.4 is 14.8 Å². The van der Waals surface area contributed by atoms with Crippen molar-refractivity contribution in [2.24, 2.45) is 0 Å². The number of amides is 1. The van der Waals surface area contributed by atoms with E-state index < -0.39 is 11.7 Å². The molecule has 0 saturated carbocycles. The van der Waals surface area contributed by atoms with E-state index in [2.05, 4.69) is 25.1 Å². The van der Waals surface area contributed by atoms with Gasteiger partial charge >= 0.3 is 6.18 Å². The van der Waals surface area contributed by atoms with Gasteiger partial charge in [-0.2, -0.15) is 13.2 Å². The third-order valence-electron chi connectivity index (χ3n) is 8.56. The minimum absolute atomic E-state index is 0.0436. The molecular formula is C34H36F3N5O3. The molecule has 236 valence electrons. The van der Waals surface area contributed by atoms with Crippen LogP contribution in [0.15, 0.2) is 67.0 Å². The largest absolute Gasteiger partial charge is 0.493 e. The molecule has 4 aromatic rings. The molecule has 8 nitrogen and oxygen atoms in total. The van der Waals surface area contributed by atoms with Crippen molar-refractivity contribution in [2.45, 2.75) is 37.9 Å². The number of benzene rings is 3. The monoisotopic (exact) mass is 619 g/mol. The Hall–Kier alpha value is -4.22. The Morgan fingerprint density at radius 1 is 1.00 bits per heavy atom. The number of anilines is 1. The molecule has 45 heavy (non-hydrogen) atoms. The number of piperazine rings is 1. The van der Waals surface area contributed by atoms with Crippen LogP contribution in [0.5, 0.6) is 11.5 Å². The summed E-state index contributed by atoms with van der Waals surface area (Å²) in [5.74, 6) is 0.912. The maximum Gasteiger partial charge on any atom is 0.416 e. The van der Waals surface area contributed by atoms with Crippen LogP contribution in [0.1, 0.15) is 30.4 Å². The fourth-order valence-corrected chi connectivity index (χ4v) is 6.21. The first kappa shape index (κ1) is 30.8. The highest BCUT2D eigenvalue weighted by Crippen LogP contribution is 2.36. The summed E-state index contributed by atoms with van der Waals surface area (Å²) < 4.78 is 50.3. The minimum atomic E-state index is -4.41. The molecule has 2 aliphatic heterocycles. The summed E-state index contributed by atoms with van der Waals surface area (Å²) in [6.45, 7) is 6.26. The van der Waals surface area contributed by atoms with Gasteiger partial charge in [0.25, 0.3) is 0 Å². The molecule has 0 radical (unpaired) electrons. The summed E-state index contributed by atoms with van der Waals surface area (Å²) in [7, 11) is 1.61. The normalized spacial score (nSPS) is 17.3. The van der Waals surface area contributed by atoms with Crippen LogP contribution in [0.2, 0.25) is 0 Å². The van der Waals surface area contributed by atoms with Gasteiger partial charge in [0.1, 0.15) is 6.33 Å². The number of aromatic nitrogens is 2. The maximum atomic E-state index is 12.8. The van der Waals surface area contributed by atoms with Crippen LogP contribution in [0.4, 0.5) is 18.9 Å². The number of methoxy groups -OCH3 is 1. The second-order valence-corrected chi connectivity index (χ2v) is 11.6. The van der Waals surface area contributed by atoms with Crippen LogP contribution in [0.25, 0.3) is 22.2 Å². The highest BCUT2D eigenvalue weighted by Gasteiger charge is 2.31. The second-order valence-electron chi connectivity index (χ2n) is 11.6. The number of hydrogen-bond donors (Lipinski definition) is 1. The van der Waals surface area contributed by atoms with E-state index in [-0.39, 0.29) is 12.3 Å². The number of fused-ring (bicyclic) bond motifs is 2. The summed E-state index contributed by atoms with van der Waals surface area (Å²) in [4.78, 5) is 26.7. The number of hydrogen-bond acceptors (Lipinski definition) is 7. The van der Waals surface area contributed by atoms with Gasteiger partial charge < -0.3 is 19.7 Å². The standard InChI is InChI=1S/C34H36F3N5O3/c1-44-30-19-28-29(20-31(30)45-17-3-13-41-15-16-42-14-2-4-27(42)21-41)38-22-39-33(28)24-7-11-26(12-8-24)40-32(43)18-23-5-9-25(10-6-23)34(35,36)37/h5-12,19-20,22,27H,2-4,13-18,21H2,1H3,(H,40,43). The highest BCUT2D eigenvalue weighted by atomic mass is 19.4. The number of nitrogens with zero attached hydrogens (tertiary/aromatic N) is 4. The number of ether oxygens (including phenoxy) is 2. The Labute approximate surface area is 260 Å². The van der Waals surface area contributed by atoms with Crippen molar-refractivity contribution in [3.05, 3.63) is 78.1 Å². The van der Waals surface area contributed by atoms with Gasteiger partial charge in [0.05, 0.1) is 36.9 Å². The molecule has 2 fully saturated rings. The summed E-state index contributed by atoms with van der Waals surface area (Å²) in [6.07, 6.45) is 0.601. The first-order valence-electron chi connectivity index (χ1n) is 15.3. The van der Waals surface area contributed by atoms with Crippen molar-refractivity contribution >= 4 is 22.5 Å². The predicted octanol–water partition coefficient (Wildman–Crippen LogP) is 6.05. The number of carbonyl (C=O) groups excluding carboxylic acids is 1. The van der Waals surface area contributed by atoms with Crippen LogP contribution in [0, 0.1) is 0 Å². The summed E-state index contributed by atoms with van der Waals surface area (Å²) >= 11 is 0. The molecule has 6 rings (SSSR count). The van der Waals surface area contributed by atoms with Gasteiger partial charge in [0.15, 0.2) is 11.5 Å². The minimum Gasteiger partial charge on any atom is -0.493 e. The first-order chi connectivity index (χ1) is 21.8. The Morgan fingerprint density at radius 2 is 1.80 bits per heavy atom. The SMILES string of the molecule is COc1cc2c(-c3ccc(NC(=O)Cc4ccc(C(F)(F)F)cc4)cc3)ncnc2cc1OCCCN1CCN2CCCC2C1. The lowest BCUT2D eigenvalue weighted by atomic mass is 10.1. The molecule has 0 bridgehead atoms. The molecule has 11 heteroatoms. The zero-order valence-corrected chi connectivity index (χ0v) is 25.1. The van der Waals surface area contributed by atoms with E-state index in [1.807, 2.05) is 24.3 Å². The summed E-state index contributed by atoms with van der Waals surface area (Å²) in [6, 6.07) is 16.3. The lowest BCUT2D eigenvalue weighted by molar-refractivity contribution is -0.137. The van der Waals surface area contributed by atoms with Crippen molar-refractivity contribution in [1.29, 1.82) is 0 Å². The molecule has 1 atom stereocenters. The second kappa shape index (κ2) is 13.4. The molecule has 1 N–H and O–H groups in total. The summed E-state index contributed by atoms with van der Waals surface area (Å²) in [5.41, 5.74) is 2.56. The Kier molecular flexibility index (Phi) is 9.18. The molecule has 1 aromatic heterocycles. The predicted molar refractivity (Wildman–Crippen MR) is 166 cm³/mol. The van der Waals surface area contributed by atoms with Gasteiger partial charge in [-0.25, -0.2) is 9.97 Å². The van der Waals surface area contributed by atoms with Crippen LogP contribution in [-0.4, -0.2) is 78.2 Å². The molecule has 0 aliphatic carbocycles. The third-order valence-corrected chi connectivity index (χ3v) is 8.56. The Balaban J connectivity index is 1.07. The smallest absolute Gasteiger partial charge is 0.416 e. The average molecular weight is 620 g/mol. The zero-order chi connectivity index (χ0) is 31.4. The first-order valence-corrected chi connectivity index (χ1v) is 15.3. The maximum absolute atomic E-state index is 12.8. The Bertz CT molecular complexity index is 1630. The van der Waals surface area contributed by atoms with Gasteiger partial charge in [0.2, 0.25) is 5.91 Å². The van der Waals surface area contributed by atoms with Crippen molar-refractivity contribution in [3.63, 3.8) is 0 Å². The van der Waals surface area contributed by atoms with E-state index in [4.69, 9.17) is 9.47 Å². The lowest BCUT2D eigenvalue weighted by Crippen LogP contribution is -2.50. The average Bonchev–Trinajstić information content (AvgIpc) is 3.51. The van der Waals surface area contributed by atoms with E-state index in [0.29, 0.717) is 41.1 Å². The number of rotatable bonds is 10. The van der Waals surface area contributed by atoms with Gasteiger partial charge in [-0.1, -0.05) is 24.3 Å². The van der Waals surface area contributed by atoms with E-state index >= 15 is 0 Å². The van der Waals surface area contributed by atoms with E-state index in [1.54, 1.807) is 19.2 Å². The van der Waals surface area contributed by atoms with E-state index in [9.17, 15) is 18.0 Å². The van der Waals surface area contributed by atoms with Crippen LogP contribution in [0.3, 0.4) is 0 Å². The number of halogens is 3. The van der Waals surface area contributed by atoms with Gasteiger partial charge in [0, 0.05) is 54.9 Å². The molecule has 2 saturated heterocycles. The zero-order valence-electron chi connectivity index (χ0n) is 25.1. The molecule has 1 amide bonds. The van der Waals surface area contributed by atoms with E-state index in [1.165, 1.54) is 37.8 Å². The van der Waals surface area contributed by atoms with Gasteiger partial charge in [-0.3, -0.25) is 9.69 Å². The van der Waals surface area contributed by atoms with Gasteiger partial charge in [-0.05, 0) is 61.7 Å². The fraction of sp³-hybridized carbons (Fsp3) is 0.382. The molecule has 3 aromatic carbocycles. The number of carbonyl (C=O) groups is 1. The Morgan fingerprint density at radius 3 is 2.56 bits per heavy atom. The van der Waals surface area contributed by atoms with Crippen LogP contribution >= 0.6 is 0 Å². The van der Waals surface area contributed by atoms with Crippen molar-refractivity contribution in [1.82, 2.24) is 19.8 Å². The van der Waals surface area contributed by atoms with Crippen molar-refractivity contribution in [3.8, 4) is 22.8 Å². The lowest BCUT2D eigenvalue weighted by Gasteiger charge is -2.37. The summed E-state index contributed by atoms with van der Waals surface area (Å²) in [5, 5.41) is 3.60. The quantitative estimate of drug-likeness (QED) is 0.217.